The van der Waals surface area contributed by atoms with E-state index in [0.717, 1.165) is 17.5 Å². The average molecular weight is 258 g/mol. The normalized spacial score (nSPS) is 12.5. The third-order valence-corrected chi connectivity index (χ3v) is 2.36. The Morgan fingerprint density at radius 3 is 2.64 bits per heavy atom. The van der Waals surface area contributed by atoms with Crippen LogP contribution >= 0.6 is 15.9 Å². The van der Waals surface area contributed by atoms with Crippen LogP contribution in [0.4, 0.5) is 5.69 Å². The van der Waals surface area contributed by atoms with E-state index in [1.165, 1.54) is 0 Å². The topological polar surface area (TPSA) is 43.1 Å². The maximum Gasteiger partial charge on any atom is 0.269 e. The molecule has 0 radical (unpaired) electrons. The van der Waals surface area contributed by atoms with Crippen molar-refractivity contribution in [2.45, 2.75) is 25.1 Å². The van der Waals surface area contributed by atoms with Crippen molar-refractivity contribution >= 4 is 21.6 Å². The van der Waals surface area contributed by atoms with Gasteiger partial charge in [0.15, 0.2) is 0 Å². The summed E-state index contributed by atoms with van der Waals surface area (Å²) in [4.78, 5) is 10.5. The van der Waals surface area contributed by atoms with Crippen molar-refractivity contribution in [1.82, 2.24) is 0 Å². The van der Waals surface area contributed by atoms with Crippen molar-refractivity contribution in [3.05, 3.63) is 39.4 Å². The van der Waals surface area contributed by atoms with Gasteiger partial charge in [-0.25, -0.2) is 0 Å². The number of rotatable bonds is 3. The van der Waals surface area contributed by atoms with Crippen molar-refractivity contribution in [2.75, 3.05) is 0 Å². The summed E-state index contributed by atoms with van der Waals surface area (Å²) in [5.41, 5.74) is 2.29. The summed E-state index contributed by atoms with van der Waals surface area (Å²) in [6.07, 6.45) is 0.893. The van der Waals surface area contributed by atoms with Crippen LogP contribution in [0.5, 0.6) is 0 Å². The Kier molecular flexibility index (Phi) is 3.63. The predicted octanol–water partition coefficient (Wildman–Crippen LogP) is 3.23. The monoisotopic (exact) mass is 257 g/mol. The minimum Gasteiger partial charge on any atom is -0.258 e. The van der Waals surface area contributed by atoms with Gasteiger partial charge in [-0.05, 0) is 24.5 Å². The van der Waals surface area contributed by atoms with Crippen LogP contribution < -0.4 is 0 Å². The smallest absolute Gasteiger partial charge is 0.258 e. The molecule has 0 heterocycles. The fraction of sp³-hybridized carbons (Fsp3) is 0.400. The quantitative estimate of drug-likeness (QED) is 0.474. The largest absolute Gasteiger partial charge is 0.269 e. The van der Waals surface area contributed by atoms with Gasteiger partial charge in [-0.3, -0.25) is 10.1 Å². The van der Waals surface area contributed by atoms with Crippen LogP contribution in [0.25, 0.3) is 0 Å². The molecule has 0 saturated carbocycles. The summed E-state index contributed by atoms with van der Waals surface area (Å²) in [7, 11) is 0. The number of benzene rings is 1. The van der Waals surface area contributed by atoms with E-state index in [2.05, 4.69) is 22.9 Å². The zero-order valence-electron chi connectivity index (χ0n) is 8.16. The summed E-state index contributed by atoms with van der Waals surface area (Å²) in [5, 5.41) is 10.5. The SMILES string of the molecule is Cc1cc([N+](=O)[O-])ccc1CC(C)Br. The van der Waals surface area contributed by atoms with Crippen molar-refractivity contribution in [3.8, 4) is 0 Å². The molecule has 0 amide bonds. The molecule has 1 aromatic rings. The fourth-order valence-electron chi connectivity index (χ4n) is 1.33. The number of aryl methyl sites for hydroxylation is 1. The molecule has 0 aromatic heterocycles. The van der Waals surface area contributed by atoms with Gasteiger partial charge < -0.3 is 0 Å². The van der Waals surface area contributed by atoms with Gasteiger partial charge in [0.1, 0.15) is 0 Å². The Balaban J connectivity index is 2.95. The van der Waals surface area contributed by atoms with Gasteiger partial charge in [0, 0.05) is 17.0 Å². The molecule has 0 saturated heterocycles. The van der Waals surface area contributed by atoms with Gasteiger partial charge >= 0.3 is 0 Å². The first-order valence-electron chi connectivity index (χ1n) is 4.38. The maximum absolute atomic E-state index is 10.5. The second-order valence-electron chi connectivity index (χ2n) is 3.35. The van der Waals surface area contributed by atoms with Crippen LogP contribution in [0.1, 0.15) is 18.1 Å². The minimum atomic E-state index is -0.367. The van der Waals surface area contributed by atoms with Crippen LogP contribution in [0.2, 0.25) is 0 Å². The molecular formula is C10H12BrNO2. The van der Waals surface area contributed by atoms with E-state index >= 15 is 0 Å². The summed E-state index contributed by atoms with van der Waals surface area (Å²) in [5.74, 6) is 0. The van der Waals surface area contributed by atoms with Gasteiger partial charge in [0.25, 0.3) is 5.69 Å². The Morgan fingerprint density at radius 1 is 1.57 bits per heavy atom. The molecule has 0 aliphatic rings. The lowest BCUT2D eigenvalue weighted by Crippen LogP contribution is -1.99. The number of nitrogens with zero attached hydrogens (tertiary/aromatic N) is 1. The molecule has 14 heavy (non-hydrogen) atoms. The van der Waals surface area contributed by atoms with E-state index in [1.54, 1.807) is 12.1 Å². The lowest BCUT2D eigenvalue weighted by Gasteiger charge is -2.06. The first-order chi connectivity index (χ1) is 6.50. The first kappa shape index (κ1) is 11.2. The van der Waals surface area contributed by atoms with E-state index < -0.39 is 0 Å². The number of nitro benzene ring substituents is 1. The molecule has 3 nitrogen and oxygen atoms in total. The Bertz CT molecular complexity index is 350. The van der Waals surface area contributed by atoms with Crippen molar-refractivity contribution in [1.29, 1.82) is 0 Å². The highest BCUT2D eigenvalue weighted by atomic mass is 79.9. The fourth-order valence-corrected chi connectivity index (χ4v) is 1.67. The Morgan fingerprint density at radius 2 is 2.21 bits per heavy atom. The third kappa shape index (κ3) is 2.80. The number of nitro groups is 1. The molecule has 1 rings (SSSR count). The van der Waals surface area contributed by atoms with Gasteiger partial charge in [0.2, 0.25) is 0 Å². The summed E-state index contributed by atoms with van der Waals surface area (Å²) in [6, 6.07) is 4.99. The second kappa shape index (κ2) is 4.55. The zero-order valence-corrected chi connectivity index (χ0v) is 9.74. The van der Waals surface area contributed by atoms with Gasteiger partial charge in [-0.2, -0.15) is 0 Å². The van der Waals surface area contributed by atoms with E-state index in [1.807, 2.05) is 13.0 Å². The third-order valence-electron chi connectivity index (χ3n) is 2.04. The molecule has 0 spiro atoms. The molecule has 1 atom stereocenters. The Hall–Kier alpha value is -0.900. The lowest BCUT2D eigenvalue weighted by atomic mass is 10.0. The number of non-ortho nitro benzene ring substituents is 1. The maximum atomic E-state index is 10.5. The van der Waals surface area contributed by atoms with E-state index in [0.29, 0.717) is 4.83 Å². The Labute approximate surface area is 91.4 Å². The highest BCUT2D eigenvalue weighted by molar-refractivity contribution is 9.09. The standard InChI is InChI=1S/C10H12BrNO2/c1-7-5-10(12(13)14)4-3-9(7)6-8(2)11/h3-5,8H,6H2,1-2H3. The van der Waals surface area contributed by atoms with Gasteiger partial charge in [-0.1, -0.05) is 28.9 Å². The average Bonchev–Trinajstić information content (AvgIpc) is 2.07. The molecule has 0 bridgehead atoms. The molecular weight excluding hydrogens is 246 g/mol. The molecule has 0 aliphatic carbocycles. The number of halogens is 1. The number of hydrogen-bond acceptors (Lipinski definition) is 2. The molecule has 4 heteroatoms. The highest BCUT2D eigenvalue weighted by Crippen LogP contribution is 2.19. The zero-order chi connectivity index (χ0) is 10.7. The van der Waals surface area contributed by atoms with Gasteiger partial charge in [0.05, 0.1) is 4.92 Å². The van der Waals surface area contributed by atoms with Gasteiger partial charge in [-0.15, -0.1) is 0 Å². The predicted molar refractivity (Wildman–Crippen MR) is 59.9 cm³/mol. The van der Waals surface area contributed by atoms with E-state index in [4.69, 9.17) is 0 Å². The molecule has 0 N–H and O–H groups in total. The van der Waals surface area contributed by atoms with Crippen LogP contribution in [0.3, 0.4) is 0 Å². The summed E-state index contributed by atoms with van der Waals surface area (Å²) in [6.45, 7) is 3.96. The lowest BCUT2D eigenvalue weighted by molar-refractivity contribution is -0.384. The molecule has 1 unspecified atom stereocenters. The molecule has 76 valence electrons. The van der Waals surface area contributed by atoms with Crippen molar-refractivity contribution in [3.63, 3.8) is 0 Å². The molecule has 0 fully saturated rings. The molecule has 0 aliphatic heterocycles. The van der Waals surface area contributed by atoms with E-state index in [9.17, 15) is 10.1 Å². The van der Waals surface area contributed by atoms with Crippen LogP contribution in [-0.2, 0) is 6.42 Å². The van der Waals surface area contributed by atoms with Crippen LogP contribution in [0.15, 0.2) is 18.2 Å². The van der Waals surface area contributed by atoms with E-state index in [-0.39, 0.29) is 10.6 Å². The minimum absolute atomic E-state index is 0.161. The molecule has 1 aromatic carbocycles. The summed E-state index contributed by atoms with van der Waals surface area (Å²) >= 11 is 3.46. The number of alkyl halides is 1. The second-order valence-corrected chi connectivity index (χ2v) is 4.92. The van der Waals surface area contributed by atoms with Crippen molar-refractivity contribution < 1.29 is 4.92 Å². The first-order valence-corrected chi connectivity index (χ1v) is 5.30. The van der Waals surface area contributed by atoms with Crippen LogP contribution in [0, 0.1) is 17.0 Å². The number of hydrogen-bond donors (Lipinski definition) is 0. The van der Waals surface area contributed by atoms with Crippen molar-refractivity contribution in [2.24, 2.45) is 0 Å². The van der Waals surface area contributed by atoms with Crippen LogP contribution in [-0.4, -0.2) is 9.75 Å². The summed E-state index contributed by atoms with van der Waals surface area (Å²) < 4.78 is 0. The highest BCUT2D eigenvalue weighted by Gasteiger charge is 2.08.